The van der Waals surface area contributed by atoms with Crippen molar-refractivity contribution in [3.63, 3.8) is 0 Å². The first kappa shape index (κ1) is 16.4. The number of nitrogens with zero attached hydrogens (tertiary/aromatic N) is 3. The van der Waals surface area contributed by atoms with Gasteiger partial charge in [0.25, 0.3) is 0 Å². The molecule has 118 valence electrons. The predicted octanol–water partition coefficient (Wildman–Crippen LogP) is 2.00. The molecule has 1 aromatic rings. The minimum atomic E-state index is 0.278. The maximum atomic E-state index is 9.33. The van der Waals surface area contributed by atoms with Gasteiger partial charge in [0.15, 0.2) is 0 Å². The molecule has 4 heteroatoms. The molecular formula is C17H29N3O. The second kappa shape index (κ2) is 8.47. The highest BCUT2D eigenvalue weighted by molar-refractivity contribution is 5.03. The van der Waals surface area contributed by atoms with Gasteiger partial charge in [-0.2, -0.15) is 0 Å². The SMILES string of the molecule is CC(C)CCN1CCN(Cc2ccccn2)CC1CCO. The lowest BCUT2D eigenvalue weighted by Gasteiger charge is -2.41. The summed E-state index contributed by atoms with van der Waals surface area (Å²) in [5.41, 5.74) is 1.14. The van der Waals surface area contributed by atoms with Gasteiger partial charge in [0.05, 0.1) is 5.69 Å². The molecule has 1 fully saturated rings. The number of piperazine rings is 1. The maximum absolute atomic E-state index is 9.33. The fourth-order valence-electron chi connectivity index (χ4n) is 2.96. The molecule has 0 radical (unpaired) electrons. The van der Waals surface area contributed by atoms with E-state index in [1.165, 1.54) is 6.42 Å². The lowest BCUT2D eigenvalue weighted by Crippen LogP contribution is -2.53. The summed E-state index contributed by atoms with van der Waals surface area (Å²) in [7, 11) is 0. The van der Waals surface area contributed by atoms with Crippen LogP contribution in [0.5, 0.6) is 0 Å². The van der Waals surface area contributed by atoms with Crippen molar-refractivity contribution in [2.24, 2.45) is 5.92 Å². The molecule has 0 amide bonds. The Labute approximate surface area is 128 Å². The van der Waals surface area contributed by atoms with Gasteiger partial charge in [0, 0.05) is 45.0 Å². The van der Waals surface area contributed by atoms with Gasteiger partial charge in [0.2, 0.25) is 0 Å². The van der Waals surface area contributed by atoms with E-state index >= 15 is 0 Å². The Bertz CT molecular complexity index is 396. The van der Waals surface area contributed by atoms with Crippen LogP contribution in [0.4, 0.5) is 0 Å². The summed E-state index contributed by atoms with van der Waals surface area (Å²) in [4.78, 5) is 9.45. The molecule has 0 aliphatic carbocycles. The summed E-state index contributed by atoms with van der Waals surface area (Å²) in [6, 6.07) is 6.58. The molecule has 1 aromatic heterocycles. The van der Waals surface area contributed by atoms with Crippen molar-refractivity contribution in [2.45, 2.75) is 39.3 Å². The molecule has 2 rings (SSSR count). The van der Waals surface area contributed by atoms with Gasteiger partial charge >= 0.3 is 0 Å². The normalized spacial score (nSPS) is 21.0. The van der Waals surface area contributed by atoms with Gasteiger partial charge in [-0.1, -0.05) is 19.9 Å². The highest BCUT2D eigenvalue weighted by Crippen LogP contribution is 2.16. The van der Waals surface area contributed by atoms with Crippen LogP contribution in [0, 0.1) is 5.92 Å². The van der Waals surface area contributed by atoms with Crippen molar-refractivity contribution < 1.29 is 5.11 Å². The number of hydrogen-bond donors (Lipinski definition) is 1. The van der Waals surface area contributed by atoms with E-state index in [1.807, 2.05) is 18.3 Å². The third kappa shape index (κ3) is 5.38. The summed E-state index contributed by atoms with van der Waals surface area (Å²) < 4.78 is 0. The first-order valence-electron chi connectivity index (χ1n) is 8.16. The van der Waals surface area contributed by atoms with E-state index in [4.69, 9.17) is 0 Å². The number of pyridine rings is 1. The van der Waals surface area contributed by atoms with Crippen molar-refractivity contribution in [3.8, 4) is 0 Å². The summed E-state index contributed by atoms with van der Waals surface area (Å²) in [5, 5.41) is 9.33. The van der Waals surface area contributed by atoms with Gasteiger partial charge in [0.1, 0.15) is 0 Å². The van der Waals surface area contributed by atoms with Crippen LogP contribution in [0.1, 0.15) is 32.4 Å². The van der Waals surface area contributed by atoms with E-state index in [9.17, 15) is 5.11 Å². The fraction of sp³-hybridized carbons (Fsp3) is 0.706. The summed E-state index contributed by atoms with van der Waals surface area (Å²) in [5.74, 6) is 0.742. The first-order valence-corrected chi connectivity index (χ1v) is 8.16. The lowest BCUT2D eigenvalue weighted by molar-refractivity contribution is 0.0518. The average Bonchev–Trinajstić information content (AvgIpc) is 2.48. The van der Waals surface area contributed by atoms with E-state index in [0.29, 0.717) is 6.04 Å². The Balaban J connectivity index is 1.88. The molecule has 1 N–H and O–H groups in total. The molecule has 0 aromatic carbocycles. The summed E-state index contributed by atoms with van der Waals surface area (Å²) >= 11 is 0. The van der Waals surface area contributed by atoms with Crippen molar-refractivity contribution in [2.75, 3.05) is 32.8 Å². The van der Waals surface area contributed by atoms with E-state index in [-0.39, 0.29) is 6.61 Å². The lowest BCUT2D eigenvalue weighted by atomic mass is 10.1. The third-order valence-corrected chi connectivity index (χ3v) is 4.26. The van der Waals surface area contributed by atoms with Crippen LogP contribution in [0.25, 0.3) is 0 Å². The molecular weight excluding hydrogens is 262 g/mol. The van der Waals surface area contributed by atoms with Crippen LogP contribution >= 0.6 is 0 Å². The fourth-order valence-corrected chi connectivity index (χ4v) is 2.96. The van der Waals surface area contributed by atoms with Crippen molar-refractivity contribution in [1.82, 2.24) is 14.8 Å². The molecule has 1 atom stereocenters. The number of aromatic nitrogens is 1. The van der Waals surface area contributed by atoms with Crippen molar-refractivity contribution >= 4 is 0 Å². The van der Waals surface area contributed by atoms with Crippen LogP contribution in [0.2, 0.25) is 0 Å². The third-order valence-electron chi connectivity index (χ3n) is 4.26. The van der Waals surface area contributed by atoms with E-state index in [2.05, 4.69) is 34.7 Å². The average molecular weight is 291 g/mol. The zero-order chi connectivity index (χ0) is 15.1. The molecule has 0 saturated carbocycles. The first-order chi connectivity index (χ1) is 10.2. The van der Waals surface area contributed by atoms with Gasteiger partial charge < -0.3 is 5.11 Å². The zero-order valence-corrected chi connectivity index (χ0v) is 13.4. The van der Waals surface area contributed by atoms with Gasteiger partial charge in [-0.3, -0.25) is 14.8 Å². The van der Waals surface area contributed by atoms with Crippen LogP contribution in [0.3, 0.4) is 0 Å². The minimum Gasteiger partial charge on any atom is -0.396 e. The molecule has 1 aliphatic rings. The van der Waals surface area contributed by atoms with Gasteiger partial charge in [-0.25, -0.2) is 0 Å². The van der Waals surface area contributed by atoms with E-state index < -0.39 is 0 Å². The highest BCUT2D eigenvalue weighted by atomic mass is 16.3. The quantitative estimate of drug-likeness (QED) is 0.834. The molecule has 0 spiro atoms. The smallest absolute Gasteiger partial charge is 0.0543 e. The Kier molecular flexibility index (Phi) is 6.61. The second-order valence-corrected chi connectivity index (χ2v) is 6.44. The molecule has 1 aliphatic heterocycles. The molecule has 2 heterocycles. The predicted molar refractivity (Wildman–Crippen MR) is 86.0 cm³/mol. The number of aliphatic hydroxyl groups excluding tert-OH is 1. The number of rotatable bonds is 7. The van der Waals surface area contributed by atoms with Crippen LogP contribution in [-0.2, 0) is 6.54 Å². The van der Waals surface area contributed by atoms with Crippen molar-refractivity contribution in [3.05, 3.63) is 30.1 Å². The Morgan fingerprint density at radius 2 is 2.19 bits per heavy atom. The molecule has 1 unspecified atom stereocenters. The molecule has 4 nitrogen and oxygen atoms in total. The van der Waals surface area contributed by atoms with Crippen LogP contribution in [-0.4, -0.2) is 58.7 Å². The Morgan fingerprint density at radius 1 is 1.33 bits per heavy atom. The number of hydrogen-bond acceptors (Lipinski definition) is 4. The maximum Gasteiger partial charge on any atom is 0.0543 e. The van der Waals surface area contributed by atoms with E-state index in [1.54, 1.807) is 0 Å². The zero-order valence-electron chi connectivity index (χ0n) is 13.4. The largest absolute Gasteiger partial charge is 0.396 e. The van der Waals surface area contributed by atoms with E-state index in [0.717, 1.165) is 50.8 Å². The second-order valence-electron chi connectivity index (χ2n) is 6.44. The molecule has 0 bridgehead atoms. The highest BCUT2D eigenvalue weighted by Gasteiger charge is 2.26. The molecule has 21 heavy (non-hydrogen) atoms. The Hall–Kier alpha value is -0.970. The standard InChI is InChI=1S/C17H29N3O/c1-15(2)6-9-20-11-10-19(14-17(20)7-12-21)13-16-5-3-4-8-18-16/h3-5,8,15,17,21H,6-7,9-14H2,1-2H3. The van der Waals surface area contributed by atoms with Gasteiger partial charge in [-0.05, 0) is 37.4 Å². The minimum absolute atomic E-state index is 0.278. The van der Waals surface area contributed by atoms with Crippen molar-refractivity contribution in [1.29, 1.82) is 0 Å². The monoisotopic (exact) mass is 291 g/mol. The number of aliphatic hydroxyl groups is 1. The van der Waals surface area contributed by atoms with Crippen LogP contribution < -0.4 is 0 Å². The Morgan fingerprint density at radius 3 is 2.86 bits per heavy atom. The van der Waals surface area contributed by atoms with Gasteiger partial charge in [-0.15, -0.1) is 0 Å². The summed E-state index contributed by atoms with van der Waals surface area (Å²) in [6.45, 7) is 10.1. The topological polar surface area (TPSA) is 39.6 Å². The summed E-state index contributed by atoms with van der Waals surface area (Å²) in [6.07, 6.45) is 3.97. The molecule has 1 saturated heterocycles. The van der Waals surface area contributed by atoms with Crippen LogP contribution in [0.15, 0.2) is 24.4 Å².